The van der Waals surface area contributed by atoms with Crippen LogP contribution < -0.4 is 0 Å². The van der Waals surface area contributed by atoms with Crippen LogP contribution in [0.1, 0.15) is 31.5 Å². The van der Waals surface area contributed by atoms with Gasteiger partial charge in [0.25, 0.3) is 0 Å². The Balaban J connectivity index is 2.08. The third kappa shape index (κ3) is 2.67. The van der Waals surface area contributed by atoms with Crippen molar-refractivity contribution in [3.05, 3.63) is 11.1 Å². The smallest absolute Gasteiger partial charge is 0.225 e. The Labute approximate surface area is 99.6 Å². The van der Waals surface area contributed by atoms with Gasteiger partial charge in [-0.1, -0.05) is 6.92 Å². The zero-order chi connectivity index (χ0) is 10.8. The highest BCUT2D eigenvalue weighted by atomic mass is 35.5. The third-order valence-corrected chi connectivity index (χ3v) is 3.80. The van der Waals surface area contributed by atoms with E-state index in [9.17, 15) is 0 Å². The van der Waals surface area contributed by atoms with Crippen LogP contribution >= 0.6 is 23.4 Å². The number of aromatic nitrogens is 3. The van der Waals surface area contributed by atoms with Gasteiger partial charge in [-0.2, -0.15) is 11.8 Å². The summed E-state index contributed by atoms with van der Waals surface area (Å²) < 4.78 is 2.08. The van der Waals surface area contributed by atoms with E-state index in [0.29, 0.717) is 17.1 Å². The second-order valence-corrected chi connectivity index (χ2v) is 5.52. The highest BCUT2D eigenvalue weighted by Crippen LogP contribution is 2.39. The summed E-state index contributed by atoms with van der Waals surface area (Å²) in [4.78, 5) is 0. The molecule has 0 saturated heterocycles. The molecule has 0 amide bonds. The summed E-state index contributed by atoms with van der Waals surface area (Å²) in [5.74, 6) is 3.48. The van der Waals surface area contributed by atoms with Crippen molar-refractivity contribution in [1.29, 1.82) is 0 Å². The van der Waals surface area contributed by atoms with Gasteiger partial charge in [0, 0.05) is 12.5 Å². The zero-order valence-electron chi connectivity index (χ0n) is 9.11. The van der Waals surface area contributed by atoms with Crippen LogP contribution in [0.15, 0.2) is 0 Å². The van der Waals surface area contributed by atoms with Crippen LogP contribution in [0.2, 0.25) is 5.28 Å². The quantitative estimate of drug-likeness (QED) is 0.799. The molecule has 0 radical (unpaired) electrons. The van der Waals surface area contributed by atoms with Gasteiger partial charge < -0.3 is 4.57 Å². The summed E-state index contributed by atoms with van der Waals surface area (Å²) in [6.07, 6.45) is 4.62. The van der Waals surface area contributed by atoms with Crippen molar-refractivity contribution in [1.82, 2.24) is 14.8 Å². The van der Waals surface area contributed by atoms with E-state index < -0.39 is 0 Å². The lowest BCUT2D eigenvalue weighted by Crippen LogP contribution is -2.12. The lowest BCUT2D eigenvalue weighted by Gasteiger charge is -2.12. The van der Waals surface area contributed by atoms with Crippen molar-refractivity contribution in [3.63, 3.8) is 0 Å². The van der Waals surface area contributed by atoms with Crippen LogP contribution in [0.4, 0.5) is 0 Å². The van der Waals surface area contributed by atoms with E-state index >= 15 is 0 Å². The van der Waals surface area contributed by atoms with Gasteiger partial charge in [-0.25, -0.2) is 0 Å². The van der Waals surface area contributed by atoms with Gasteiger partial charge in [0.15, 0.2) is 0 Å². The maximum absolute atomic E-state index is 6.04. The first-order chi connectivity index (χ1) is 7.22. The summed E-state index contributed by atoms with van der Waals surface area (Å²) in [6, 6.07) is 0. The minimum absolute atomic E-state index is 0.546. The molecule has 1 saturated carbocycles. The number of thioether (sulfide) groups is 1. The number of nitrogens with zero attached hydrogens (tertiary/aromatic N) is 3. The van der Waals surface area contributed by atoms with E-state index in [2.05, 4.69) is 27.9 Å². The zero-order valence-corrected chi connectivity index (χ0v) is 10.7. The normalized spacial score (nSPS) is 18.1. The highest BCUT2D eigenvalue weighted by molar-refractivity contribution is 7.98. The van der Waals surface area contributed by atoms with Gasteiger partial charge in [-0.05, 0) is 42.4 Å². The molecule has 0 bridgehead atoms. The lowest BCUT2D eigenvalue weighted by atomic mass is 10.2. The summed E-state index contributed by atoms with van der Waals surface area (Å²) >= 11 is 7.91. The van der Waals surface area contributed by atoms with E-state index in [0.717, 1.165) is 18.1 Å². The van der Waals surface area contributed by atoms with Crippen molar-refractivity contribution in [2.24, 2.45) is 5.92 Å². The molecule has 15 heavy (non-hydrogen) atoms. The van der Waals surface area contributed by atoms with Crippen molar-refractivity contribution in [2.45, 2.75) is 32.2 Å². The molecule has 1 aromatic rings. The minimum atomic E-state index is 0.546. The molecule has 5 heteroatoms. The summed E-state index contributed by atoms with van der Waals surface area (Å²) in [6.45, 7) is 3.18. The first-order valence-corrected chi connectivity index (χ1v) is 7.07. The van der Waals surface area contributed by atoms with Gasteiger partial charge in [0.05, 0.1) is 0 Å². The predicted octanol–water partition coefficient (Wildman–Crippen LogP) is 2.81. The standard InChI is InChI=1S/C10H16ClN3S/c1-7(6-15-2)5-14-9(8-3-4-8)12-13-10(14)11/h7-8H,3-6H2,1-2H3. The molecule has 3 nitrogen and oxygen atoms in total. The molecule has 0 spiro atoms. The van der Waals surface area contributed by atoms with Crippen molar-refractivity contribution >= 4 is 23.4 Å². The highest BCUT2D eigenvalue weighted by Gasteiger charge is 2.30. The molecule has 0 N–H and O–H groups in total. The molecule has 1 aliphatic carbocycles. The molecule has 1 aromatic heterocycles. The van der Waals surface area contributed by atoms with Crippen molar-refractivity contribution in [2.75, 3.05) is 12.0 Å². The van der Waals surface area contributed by atoms with Gasteiger partial charge in [0.1, 0.15) is 5.82 Å². The van der Waals surface area contributed by atoms with Crippen LogP contribution in [-0.4, -0.2) is 26.8 Å². The molecule has 84 valence electrons. The lowest BCUT2D eigenvalue weighted by molar-refractivity contribution is 0.514. The van der Waals surface area contributed by atoms with Gasteiger partial charge in [-0.15, -0.1) is 10.2 Å². The number of hydrogen-bond donors (Lipinski definition) is 0. The van der Waals surface area contributed by atoms with Crippen LogP contribution in [0.3, 0.4) is 0 Å². The Morgan fingerprint density at radius 3 is 2.87 bits per heavy atom. The average molecular weight is 246 g/mol. The van der Waals surface area contributed by atoms with E-state index in [1.807, 2.05) is 11.8 Å². The van der Waals surface area contributed by atoms with Gasteiger partial charge in [0.2, 0.25) is 5.28 Å². The fourth-order valence-corrected chi connectivity index (χ4v) is 2.62. The van der Waals surface area contributed by atoms with Gasteiger partial charge in [-0.3, -0.25) is 0 Å². The summed E-state index contributed by atoms with van der Waals surface area (Å²) in [7, 11) is 0. The Kier molecular flexibility index (Phi) is 3.57. The Bertz CT molecular complexity index is 335. The predicted molar refractivity (Wildman–Crippen MR) is 64.6 cm³/mol. The summed E-state index contributed by atoms with van der Waals surface area (Å²) in [5, 5.41) is 8.67. The summed E-state index contributed by atoms with van der Waals surface area (Å²) in [5.41, 5.74) is 0. The van der Waals surface area contributed by atoms with E-state index in [1.54, 1.807) is 0 Å². The molecule has 1 atom stereocenters. The molecule has 2 rings (SSSR count). The third-order valence-electron chi connectivity index (χ3n) is 2.62. The van der Waals surface area contributed by atoms with Crippen molar-refractivity contribution in [3.8, 4) is 0 Å². The maximum atomic E-state index is 6.04. The Morgan fingerprint density at radius 2 is 2.27 bits per heavy atom. The molecular weight excluding hydrogens is 230 g/mol. The first kappa shape index (κ1) is 11.3. The largest absolute Gasteiger partial charge is 0.301 e. The molecule has 1 fully saturated rings. The minimum Gasteiger partial charge on any atom is -0.301 e. The molecular formula is C10H16ClN3S. The van der Waals surface area contributed by atoms with E-state index in [1.165, 1.54) is 12.8 Å². The van der Waals surface area contributed by atoms with E-state index in [-0.39, 0.29) is 0 Å². The Hall–Kier alpha value is -0.220. The average Bonchev–Trinajstić information content (AvgIpc) is 2.96. The fourth-order valence-electron chi connectivity index (χ4n) is 1.76. The van der Waals surface area contributed by atoms with Gasteiger partial charge >= 0.3 is 0 Å². The number of rotatable bonds is 5. The molecule has 1 unspecified atom stereocenters. The second-order valence-electron chi connectivity index (χ2n) is 4.27. The van der Waals surface area contributed by atoms with Crippen LogP contribution in [0.25, 0.3) is 0 Å². The molecule has 0 aromatic carbocycles. The van der Waals surface area contributed by atoms with E-state index in [4.69, 9.17) is 11.6 Å². The van der Waals surface area contributed by atoms with Crippen LogP contribution in [0, 0.1) is 5.92 Å². The maximum Gasteiger partial charge on any atom is 0.225 e. The SMILES string of the molecule is CSCC(C)Cn1c(Cl)nnc1C1CC1. The van der Waals surface area contributed by atoms with Crippen molar-refractivity contribution < 1.29 is 0 Å². The number of halogens is 1. The second kappa shape index (κ2) is 4.74. The fraction of sp³-hybridized carbons (Fsp3) is 0.800. The topological polar surface area (TPSA) is 30.7 Å². The Morgan fingerprint density at radius 1 is 1.53 bits per heavy atom. The van der Waals surface area contributed by atoms with Crippen LogP contribution in [-0.2, 0) is 6.54 Å². The molecule has 1 aliphatic rings. The first-order valence-electron chi connectivity index (χ1n) is 5.30. The molecule has 0 aliphatic heterocycles. The molecule has 1 heterocycles. The monoisotopic (exact) mass is 245 g/mol. The van der Waals surface area contributed by atoms with Crippen LogP contribution in [0.5, 0.6) is 0 Å². The number of hydrogen-bond acceptors (Lipinski definition) is 3.